The molecule has 8 bridgehead atoms. The van der Waals surface area contributed by atoms with E-state index in [1.54, 1.807) is 0 Å². The zero-order chi connectivity index (χ0) is 37.0. The molecule has 4 aliphatic heterocycles. The molecule has 4 aliphatic rings. The number of hydrogen-bond acceptors (Lipinski definition) is 8. The fourth-order valence-corrected chi connectivity index (χ4v) is 8.76. The highest BCUT2D eigenvalue weighted by molar-refractivity contribution is 6.22. The van der Waals surface area contributed by atoms with E-state index in [1.165, 1.54) is 27.1 Å². The van der Waals surface area contributed by atoms with Gasteiger partial charge in [-0.2, -0.15) is 0 Å². The molecule has 9 heteroatoms. The van der Waals surface area contributed by atoms with Crippen LogP contribution in [-0.2, 0) is 23.8 Å². The number of nitrogens with one attached hydrogen (secondary N) is 2. The fraction of sp³-hybridized carbons (Fsp3) is 0.524. The minimum atomic E-state index is -0.897. The van der Waals surface area contributed by atoms with Crippen molar-refractivity contribution >= 4 is 35.5 Å². The number of esters is 2. The molecule has 274 valence electrons. The van der Waals surface area contributed by atoms with Crippen LogP contribution in [0.4, 0.5) is 0 Å². The molecule has 0 aromatic carbocycles. The van der Waals surface area contributed by atoms with Crippen LogP contribution in [0.15, 0.2) is 81.0 Å². The summed E-state index contributed by atoms with van der Waals surface area (Å²) >= 11 is 0. The minimum Gasteiger partial charge on any atom is -0.469 e. The summed E-state index contributed by atoms with van der Waals surface area (Å²) in [6.07, 6.45) is 17.8. The van der Waals surface area contributed by atoms with Crippen molar-refractivity contribution < 1.29 is 23.8 Å². The maximum absolute atomic E-state index is 12.9. The van der Waals surface area contributed by atoms with E-state index in [-0.39, 0.29) is 36.8 Å². The summed E-state index contributed by atoms with van der Waals surface area (Å²) in [6, 6.07) is 4.06. The Morgan fingerprint density at radius 2 is 1.75 bits per heavy atom. The Kier molecular flexibility index (Phi) is 11.7. The van der Waals surface area contributed by atoms with Gasteiger partial charge in [0.25, 0.3) is 0 Å². The third-order valence-corrected chi connectivity index (χ3v) is 11.4. The predicted molar refractivity (Wildman–Crippen MR) is 205 cm³/mol. The second-order valence-corrected chi connectivity index (χ2v) is 14.5. The van der Waals surface area contributed by atoms with Gasteiger partial charge in [0.15, 0.2) is 0 Å². The molecule has 0 spiro atoms. The van der Waals surface area contributed by atoms with Crippen LogP contribution in [0.3, 0.4) is 0 Å². The van der Waals surface area contributed by atoms with E-state index >= 15 is 0 Å². The lowest BCUT2D eigenvalue weighted by Gasteiger charge is -2.47. The van der Waals surface area contributed by atoms with E-state index < -0.39 is 16.6 Å². The highest BCUT2D eigenvalue weighted by Gasteiger charge is 2.58. The molecule has 9 nitrogen and oxygen atoms in total. The summed E-state index contributed by atoms with van der Waals surface area (Å²) in [7, 11) is 2.82. The molecule has 51 heavy (non-hydrogen) atoms. The molecule has 0 radical (unpaired) electrons. The number of unbranched alkanes of at least 4 members (excludes halogenated alkanes) is 3. The summed E-state index contributed by atoms with van der Waals surface area (Å²) in [5, 5.41) is 5.89. The largest absolute Gasteiger partial charge is 0.469 e. The number of aliphatic imine (C=N–C) groups is 2. The molecule has 0 fully saturated rings. The third kappa shape index (κ3) is 7.47. The first-order valence-electron chi connectivity index (χ1n) is 18.4. The molecule has 5 rings (SSSR count). The van der Waals surface area contributed by atoms with Gasteiger partial charge in [-0.3, -0.25) is 19.9 Å². The summed E-state index contributed by atoms with van der Waals surface area (Å²) in [5.41, 5.74) is 4.39. The topological polar surface area (TPSA) is 114 Å². The maximum Gasteiger partial charge on any atom is 0.305 e. The van der Waals surface area contributed by atoms with Gasteiger partial charge < -0.3 is 19.2 Å². The molecule has 0 amide bonds. The van der Waals surface area contributed by atoms with Crippen LogP contribution in [0.5, 0.6) is 0 Å². The first-order valence-corrected chi connectivity index (χ1v) is 18.4. The van der Waals surface area contributed by atoms with Crippen LogP contribution in [-0.4, -0.2) is 71.9 Å². The smallest absolute Gasteiger partial charge is 0.305 e. The number of allylic oxidation sites excluding steroid dienone is 3. The number of aromatic amines is 1. The van der Waals surface area contributed by atoms with Gasteiger partial charge in [-0.25, -0.2) is 4.99 Å². The Balaban J connectivity index is 1.77. The highest BCUT2D eigenvalue weighted by atomic mass is 16.5. The van der Waals surface area contributed by atoms with Gasteiger partial charge in [-0.05, 0) is 112 Å². The number of carbonyl (C=O) groups is 2. The van der Waals surface area contributed by atoms with Crippen molar-refractivity contribution in [1.29, 1.82) is 0 Å². The molecule has 5 unspecified atom stereocenters. The Hall–Kier alpha value is -4.08. The maximum atomic E-state index is 12.9. The molecule has 1 aromatic rings. The number of fused-ring (bicyclic) bond motifs is 6. The van der Waals surface area contributed by atoms with Gasteiger partial charge in [-0.1, -0.05) is 39.2 Å². The fourth-order valence-electron chi connectivity index (χ4n) is 8.76. The summed E-state index contributed by atoms with van der Waals surface area (Å²) in [6.45, 7) is 18.1. The van der Waals surface area contributed by atoms with Gasteiger partial charge in [0.05, 0.1) is 54.1 Å². The first-order chi connectivity index (χ1) is 24.4. The van der Waals surface area contributed by atoms with Gasteiger partial charge in [0, 0.05) is 36.1 Å². The van der Waals surface area contributed by atoms with Crippen LogP contribution in [0, 0.1) is 5.92 Å². The van der Waals surface area contributed by atoms with Gasteiger partial charge in [-0.15, -0.1) is 6.58 Å². The van der Waals surface area contributed by atoms with Crippen LogP contribution in [0.25, 0.3) is 12.2 Å². The second kappa shape index (κ2) is 15.7. The SMILES string of the molecule is C=CC12NC(C)(/C=C3/C=CC(=N3)/C=c3/cc/c([nH]3)=C/C3=NC(CCC(=O)OC)(C(CCC(=O)OC)=C3C)C1C)C(C(C)OCCCCCC)=C2C. The van der Waals surface area contributed by atoms with E-state index in [2.05, 4.69) is 76.7 Å². The molecule has 5 atom stereocenters. The number of methoxy groups -OCH3 is 2. The van der Waals surface area contributed by atoms with E-state index in [0.717, 1.165) is 63.0 Å². The van der Waals surface area contributed by atoms with Crippen LogP contribution in [0.2, 0.25) is 0 Å². The van der Waals surface area contributed by atoms with Crippen molar-refractivity contribution in [2.24, 2.45) is 15.9 Å². The van der Waals surface area contributed by atoms with Crippen molar-refractivity contribution in [1.82, 2.24) is 10.3 Å². The van der Waals surface area contributed by atoms with Crippen LogP contribution >= 0.6 is 0 Å². The number of H-pyrrole nitrogens is 1. The average molecular weight is 697 g/mol. The third-order valence-electron chi connectivity index (χ3n) is 11.4. The van der Waals surface area contributed by atoms with E-state index in [9.17, 15) is 9.59 Å². The Bertz CT molecular complexity index is 1860. The number of ether oxygens (including phenoxy) is 3. The van der Waals surface area contributed by atoms with Crippen molar-refractivity contribution in [3.05, 3.63) is 81.7 Å². The quantitative estimate of drug-likeness (QED) is 0.138. The summed E-state index contributed by atoms with van der Waals surface area (Å²) in [4.78, 5) is 39.6. The monoisotopic (exact) mass is 696 g/mol. The molecule has 5 heterocycles. The Morgan fingerprint density at radius 3 is 2.43 bits per heavy atom. The predicted octanol–water partition coefficient (Wildman–Crippen LogP) is 6.13. The number of hydrogen-bond donors (Lipinski definition) is 2. The average Bonchev–Trinajstić information content (AvgIpc) is 3.86. The molecule has 0 aliphatic carbocycles. The zero-order valence-corrected chi connectivity index (χ0v) is 31.8. The standard InChI is InChI=1S/C42H56N4O5/c1-10-12-13-14-23-51-29(5)39-28(4)41(11-2)30(6)42(22-21-38(48)50-9)35(19-20-37(47)49-8)27(3)36(45-42)25-33-16-15-31(43-33)24-32-17-18-34(44-32)26-40(39,7)46-41/h11,15-18,24-26,29-30,43,46H,2,10,12-14,19-23H2,1,3-9H3/b31-24-,33-25-,34-26-. The number of aromatic nitrogens is 1. The number of rotatable bonds is 14. The summed E-state index contributed by atoms with van der Waals surface area (Å²) < 4.78 is 16.9. The molecule has 2 N–H and O–H groups in total. The molecule has 0 saturated carbocycles. The Morgan fingerprint density at radius 1 is 1.04 bits per heavy atom. The number of carbonyl (C=O) groups excluding carboxylic acids is 2. The zero-order valence-electron chi connectivity index (χ0n) is 31.8. The van der Waals surface area contributed by atoms with Crippen molar-refractivity contribution in [3.8, 4) is 0 Å². The number of nitrogens with zero attached hydrogens (tertiary/aromatic N) is 2. The first kappa shape index (κ1) is 38.2. The molecular weight excluding hydrogens is 640 g/mol. The van der Waals surface area contributed by atoms with E-state index in [1.807, 2.05) is 30.4 Å². The normalized spacial score (nSPS) is 29.7. The van der Waals surface area contributed by atoms with E-state index in [0.29, 0.717) is 19.4 Å². The summed E-state index contributed by atoms with van der Waals surface area (Å²) in [5.74, 6) is -0.882. The van der Waals surface area contributed by atoms with Crippen molar-refractivity contribution in [2.75, 3.05) is 20.8 Å². The minimum absolute atomic E-state index is 0.151. The molecular formula is C42H56N4O5. The molecule has 0 saturated heterocycles. The van der Waals surface area contributed by atoms with Crippen molar-refractivity contribution in [3.63, 3.8) is 0 Å². The molecule has 1 aromatic heterocycles. The van der Waals surface area contributed by atoms with Gasteiger partial charge in [0.1, 0.15) is 0 Å². The lowest BCUT2D eigenvalue weighted by Crippen LogP contribution is -2.59. The van der Waals surface area contributed by atoms with Crippen LogP contribution in [0.1, 0.15) is 92.9 Å². The lowest BCUT2D eigenvalue weighted by molar-refractivity contribution is -0.142. The highest BCUT2D eigenvalue weighted by Crippen LogP contribution is 2.54. The van der Waals surface area contributed by atoms with Gasteiger partial charge >= 0.3 is 11.9 Å². The lowest BCUT2D eigenvalue weighted by atomic mass is 9.64. The van der Waals surface area contributed by atoms with Crippen molar-refractivity contribution in [2.45, 2.75) is 116 Å². The Labute approximate surface area is 303 Å². The van der Waals surface area contributed by atoms with E-state index in [4.69, 9.17) is 24.2 Å². The second-order valence-electron chi connectivity index (χ2n) is 14.5. The van der Waals surface area contributed by atoms with Crippen LogP contribution < -0.4 is 16.0 Å². The van der Waals surface area contributed by atoms with Gasteiger partial charge in [0.2, 0.25) is 0 Å².